The molecule has 5 N–H and O–H groups in total. The number of allylic oxidation sites excluding steroid dienone is 1. The maximum Gasteiger partial charge on any atom is 0.255 e. The lowest BCUT2D eigenvalue weighted by Gasteiger charge is -2.19. The Kier molecular flexibility index (Phi) is 5.78. The average molecular weight is 488 g/mol. The van der Waals surface area contributed by atoms with E-state index in [2.05, 4.69) is 25.9 Å². The molecular formula is C30H25N5O2. The lowest BCUT2D eigenvalue weighted by molar-refractivity contribution is 0.0966. The van der Waals surface area contributed by atoms with Gasteiger partial charge in [0.2, 0.25) is 0 Å². The Morgan fingerprint density at radius 2 is 1.30 bits per heavy atom. The number of hydrogen-bond donors (Lipinski definition) is 5. The maximum absolute atomic E-state index is 12.7. The minimum Gasteiger partial charge on any atom is -0.379 e. The van der Waals surface area contributed by atoms with E-state index in [1.54, 1.807) is 0 Å². The number of H-pyrrole nitrogens is 2. The molecule has 3 aromatic carbocycles. The zero-order chi connectivity index (χ0) is 25.2. The van der Waals surface area contributed by atoms with E-state index in [1.165, 1.54) is 0 Å². The minimum absolute atomic E-state index is 0.102. The van der Waals surface area contributed by atoms with Crippen LogP contribution in [0.4, 0.5) is 11.4 Å². The predicted molar refractivity (Wildman–Crippen MR) is 148 cm³/mol. The molecule has 1 atom stereocenters. The summed E-state index contributed by atoms with van der Waals surface area (Å²) in [4.78, 5) is 31.6. The zero-order valence-electron chi connectivity index (χ0n) is 19.9. The number of amides is 2. The van der Waals surface area contributed by atoms with E-state index >= 15 is 0 Å². The SMILES string of the molecule is O=C(NC1=CCC(Nc2ccc(NC(=O)c3ccc4[nH]ccc4c3)cc2)C=C1)c1ccc2[nH]ccc2c1. The number of nitrogens with one attached hydrogen (secondary N) is 5. The average Bonchev–Trinajstić information content (AvgIpc) is 3.59. The molecule has 0 spiro atoms. The van der Waals surface area contributed by atoms with E-state index in [0.29, 0.717) is 11.1 Å². The van der Waals surface area contributed by atoms with Crippen LogP contribution in [0.25, 0.3) is 21.8 Å². The van der Waals surface area contributed by atoms with E-state index < -0.39 is 0 Å². The van der Waals surface area contributed by atoms with Gasteiger partial charge in [0.05, 0.1) is 0 Å². The van der Waals surface area contributed by atoms with Crippen molar-refractivity contribution in [2.24, 2.45) is 0 Å². The van der Waals surface area contributed by atoms with Crippen molar-refractivity contribution in [1.82, 2.24) is 15.3 Å². The van der Waals surface area contributed by atoms with Crippen LogP contribution in [0.3, 0.4) is 0 Å². The van der Waals surface area contributed by atoms with E-state index in [0.717, 1.165) is 45.3 Å². The third-order valence-corrected chi connectivity index (χ3v) is 6.48. The molecule has 0 aliphatic heterocycles. The first-order chi connectivity index (χ1) is 18.1. The van der Waals surface area contributed by atoms with Gasteiger partial charge in [-0.25, -0.2) is 0 Å². The number of aromatic amines is 2. The Bertz CT molecular complexity index is 1670. The molecule has 182 valence electrons. The fourth-order valence-electron chi connectivity index (χ4n) is 4.48. The lowest BCUT2D eigenvalue weighted by Crippen LogP contribution is -2.25. The van der Waals surface area contributed by atoms with Crippen molar-refractivity contribution in [1.29, 1.82) is 0 Å². The normalized spacial score (nSPS) is 14.9. The molecule has 1 aliphatic rings. The van der Waals surface area contributed by atoms with E-state index in [1.807, 2.05) is 103 Å². The van der Waals surface area contributed by atoms with E-state index in [-0.39, 0.29) is 17.9 Å². The Balaban J connectivity index is 1.02. The highest BCUT2D eigenvalue weighted by Gasteiger charge is 2.13. The molecule has 0 saturated carbocycles. The molecule has 1 aliphatic carbocycles. The number of carbonyl (C=O) groups is 2. The molecule has 2 heterocycles. The topological polar surface area (TPSA) is 102 Å². The van der Waals surface area contributed by atoms with Crippen molar-refractivity contribution in [3.63, 3.8) is 0 Å². The van der Waals surface area contributed by atoms with E-state index in [4.69, 9.17) is 0 Å². The first-order valence-corrected chi connectivity index (χ1v) is 12.1. The summed E-state index contributed by atoms with van der Waals surface area (Å²) >= 11 is 0. The van der Waals surface area contributed by atoms with Crippen LogP contribution in [0.15, 0.2) is 109 Å². The monoisotopic (exact) mass is 487 g/mol. The van der Waals surface area contributed by atoms with Gasteiger partial charge >= 0.3 is 0 Å². The van der Waals surface area contributed by atoms with Crippen molar-refractivity contribution in [2.45, 2.75) is 12.5 Å². The lowest BCUT2D eigenvalue weighted by atomic mass is 10.1. The van der Waals surface area contributed by atoms with Crippen LogP contribution in [-0.2, 0) is 0 Å². The van der Waals surface area contributed by atoms with Crippen molar-refractivity contribution < 1.29 is 9.59 Å². The second-order valence-corrected chi connectivity index (χ2v) is 9.05. The second kappa shape index (κ2) is 9.54. The molecule has 0 fully saturated rings. The third-order valence-electron chi connectivity index (χ3n) is 6.48. The highest BCUT2D eigenvalue weighted by atomic mass is 16.2. The number of aromatic nitrogens is 2. The molecule has 37 heavy (non-hydrogen) atoms. The molecule has 1 unspecified atom stereocenters. The van der Waals surface area contributed by atoms with Crippen LogP contribution in [0.5, 0.6) is 0 Å². The van der Waals surface area contributed by atoms with Gasteiger partial charge in [-0.1, -0.05) is 12.2 Å². The van der Waals surface area contributed by atoms with Gasteiger partial charge in [0, 0.05) is 68.4 Å². The molecule has 0 saturated heterocycles. The van der Waals surface area contributed by atoms with Crippen LogP contribution in [0.1, 0.15) is 27.1 Å². The number of hydrogen-bond acceptors (Lipinski definition) is 3. The zero-order valence-corrected chi connectivity index (χ0v) is 19.9. The summed E-state index contributed by atoms with van der Waals surface area (Å²) in [7, 11) is 0. The molecule has 2 amide bonds. The van der Waals surface area contributed by atoms with Crippen molar-refractivity contribution in [3.8, 4) is 0 Å². The first kappa shape index (κ1) is 22.4. The fraction of sp³-hybridized carbons (Fsp3) is 0.0667. The molecule has 7 heteroatoms. The maximum atomic E-state index is 12.7. The molecule has 2 aromatic heterocycles. The molecular weight excluding hydrogens is 462 g/mol. The van der Waals surface area contributed by atoms with Gasteiger partial charge in [-0.2, -0.15) is 0 Å². The molecule has 0 radical (unpaired) electrons. The third kappa shape index (κ3) is 4.88. The highest BCUT2D eigenvalue weighted by molar-refractivity contribution is 6.06. The number of carbonyl (C=O) groups excluding carboxylic acids is 2. The number of benzene rings is 3. The van der Waals surface area contributed by atoms with Crippen LogP contribution < -0.4 is 16.0 Å². The first-order valence-electron chi connectivity index (χ1n) is 12.1. The van der Waals surface area contributed by atoms with Gasteiger partial charge in [0.25, 0.3) is 11.8 Å². The minimum atomic E-state index is -0.147. The smallest absolute Gasteiger partial charge is 0.255 e. The summed E-state index contributed by atoms with van der Waals surface area (Å²) in [6.07, 6.45) is 10.4. The quantitative estimate of drug-likeness (QED) is 0.204. The molecule has 6 rings (SSSR count). The summed E-state index contributed by atoms with van der Waals surface area (Å²) in [5, 5.41) is 11.4. The van der Waals surface area contributed by atoms with Crippen LogP contribution in [0.2, 0.25) is 0 Å². The van der Waals surface area contributed by atoms with Crippen molar-refractivity contribution in [3.05, 3.63) is 120 Å². The Morgan fingerprint density at radius 3 is 1.89 bits per heavy atom. The van der Waals surface area contributed by atoms with Crippen molar-refractivity contribution >= 4 is 45.0 Å². The second-order valence-electron chi connectivity index (χ2n) is 9.05. The fourth-order valence-corrected chi connectivity index (χ4v) is 4.48. The summed E-state index contributed by atoms with van der Waals surface area (Å²) in [6.45, 7) is 0. The van der Waals surface area contributed by atoms with Gasteiger partial charge in [-0.15, -0.1) is 0 Å². The molecule has 7 nitrogen and oxygen atoms in total. The van der Waals surface area contributed by atoms with Gasteiger partial charge in [0.1, 0.15) is 0 Å². The Labute approximate surface area is 213 Å². The molecule has 0 bridgehead atoms. The van der Waals surface area contributed by atoms with Crippen LogP contribution >= 0.6 is 0 Å². The Hall–Kier alpha value is -5.04. The number of rotatable bonds is 6. The summed E-state index contributed by atoms with van der Waals surface area (Å²) in [5.41, 5.74) is 5.71. The standard InChI is InChI=1S/C30H25N5O2/c36-29(21-1-11-27-19(17-21)13-15-31-27)34-25-7-3-23(4-8-25)33-24-5-9-26(10-6-24)35-30(37)22-2-12-28-20(18-22)14-16-32-28/h1-5,7-18,24,31-33H,6H2,(H,34,36)(H,35,37). The Morgan fingerprint density at radius 1 is 0.703 bits per heavy atom. The summed E-state index contributed by atoms with van der Waals surface area (Å²) in [5.74, 6) is -0.275. The summed E-state index contributed by atoms with van der Waals surface area (Å²) < 4.78 is 0. The highest BCUT2D eigenvalue weighted by Crippen LogP contribution is 2.20. The van der Waals surface area contributed by atoms with E-state index in [9.17, 15) is 9.59 Å². The van der Waals surface area contributed by atoms with Crippen molar-refractivity contribution in [2.75, 3.05) is 10.6 Å². The summed E-state index contributed by atoms with van der Waals surface area (Å²) in [6, 6.07) is 22.8. The van der Waals surface area contributed by atoms with Crippen LogP contribution in [-0.4, -0.2) is 27.8 Å². The van der Waals surface area contributed by atoms with Gasteiger partial charge < -0.3 is 25.9 Å². The largest absolute Gasteiger partial charge is 0.379 e. The van der Waals surface area contributed by atoms with Gasteiger partial charge in [-0.05, 0) is 85.3 Å². The number of fused-ring (bicyclic) bond motifs is 2. The van der Waals surface area contributed by atoms with Gasteiger partial charge in [-0.3, -0.25) is 9.59 Å². The van der Waals surface area contributed by atoms with Gasteiger partial charge in [0.15, 0.2) is 0 Å². The molecule has 5 aromatic rings. The van der Waals surface area contributed by atoms with Crippen LogP contribution in [0, 0.1) is 0 Å². The predicted octanol–water partition coefficient (Wildman–Crippen LogP) is 5.96. The number of anilines is 2.